The second-order valence-electron chi connectivity index (χ2n) is 18.1. The van der Waals surface area contributed by atoms with Crippen molar-refractivity contribution in [2.24, 2.45) is 5.73 Å². The van der Waals surface area contributed by atoms with Gasteiger partial charge < -0.3 is 25.3 Å². The van der Waals surface area contributed by atoms with Gasteiger partial charge in [-0.05, 0) is 127 Å². The number of benzene rings is 6. The van der Waals surface area contributed by atoms with Crippen LogP contribution in [0.3, 0.4) is 0 Å². The Balaban J connectivity index is 0.000000213. The van der Waals surface area contributed by atoms with Crippen LogP contribution in [-0.2, 0) is 53.2 Å². The molecule has 0 radical (unpaired) electrons. The molecule has 8 rings (SSSR count). The number of carbonyl (C=O) groups is 3. The minimum absolute atomic E-state index is 0.00899. The number of hydrogen-bond donors (Lipinski definition) is 2. The molecule has 0 bridgehead atoms. The minimum Gasteiger partial charge on any atom is -0.489 e. The fourth-order valence-corrected chi connectivity index (χ4v) is 7.79. The van der Waals surface area contributed by atoms with Crippen molar-refractivity contribution in [1.82, 2.24) is 15.3 Å². The van der Waals surface area contributed by atoms with Crippen molar-refractivity contribution < 1.29 is 28.6 Å². The number of ketones is 2. The lowest BCUT2D eigenvalue weighted by molar-refractivity contribution is -0.120. The average Bonchev–Trinajstić information content (AvgIpc) is 3.39. The summed E-state index contributed by atoms with van der Waals surface area (Å²) in [5.74, 6) is 1.18. The van der Waals surface area contributed by atoms with E-state index < -0.39 is 23.8 Å². The number of Topliss-reactive ketones (excluding diaryl/α,β-unsaturated/α-hetero) is 2. The van der Waals surface area contributed by atoms with Crippen LogP contribution in [0.15, 0.2) is 207 Å². The molecular weight excluding hydrogens is 885 g/mol. The quantitative estimate of drug-likeness (QED) is 0.0810. The van der Waals surface area contributed by atoms with Crippen molar-refractivity contribution in [2.75, 3.05) is 0 Å². The van der Waals surface area contributed by atoms with Gasteiger partial charge in [-0.2, -0.15) is 0 Å². The van der Waals surface area contributed by atoms with E-state index in [1.54, 1.807) is 45.6 Å². The summed E-state index contributed by atoms with van der Waals surface area (Å²) in [5, 5.41) is 2.81. The highest BCUT2D eigenvalue weighted by atomic mass is 16.6. The van der Waals surface area contributed by atoms with E-state index in [2.05, 4.69) is 15.3 Å². The molecule has 2 heterocycles. The number of nitrogens with two attached hydrogens (primary N) is 1. The van der Waals surface area contributed by atoms with Gasteiger partial charge in [0.1, 0.15) is 30.3 Å². The zero-order valence-electron chi connectivity index (χ0n) is 40.4. The minimum atomic E-state index is -0.770. The van der Waals surface area contributed by atoms with Crippen LogP contribution in [-0.4, -0.2) is 45.3 Å². The van der Waals surface area contributed by atoms with Crippen molar-refractivity contribution in [3.63, 3.8) is 0 Å². The molecule has 2 aromatic heterocycles. The lowest BCUT2D eigenvalue weighted by Crippen LogP contribution is -2.45. The summed E-state index contributed by atoms with van der Waals surface area (Å²) in [6, 6.07) is 57.6. The maximum Gasteiger partial charge on any atom is 0.408 e. The monoisotopic (exact) mass is 944 g/mol. The Bertz CT molecular complexity index is 2920. The predicted molar refractivity (Wildman–Crippen MR) is 280 cm³/mol. The lowest BCUT2D eigenvalue weighted by atomic mass is 9.95. The molecule has 0 aliphatic carbocycles. The van der Waals surface area contributed by atoms with Crippen LogP contribution in [0.4, 0.5) is 4.79 Å². The van der Waals surface area contributed by atoms with Crippen LogP contribution in [0.2, 0.25) is 0 Å². The van der Waals surface area contributed by atoms with Crippen LogP contribution in [0.5, 0.6) is 11.5 Å². The lowest BCUT2D eigenvalue weighted by Gasteiger charge is -2.23. The molecule has 1 amide bonds. The molecule has 10 heteroatoms. The first kappa shape index (κ1) is 50.7. The number of rotatable bonds is 19. The van der Waals surface area contributed by atoms with Gasteiger partial charge in [-0.25, -0.2) is 4.79 Å². The number of pyridine rings is 2. The fraction of sp³-hybridized carbons (Fsp3) is 0.197. The molecule has 0 aliphatic rings. The molecule has 0 fully saturated rings. The third-order valence-corrected chi connectivity index (χ3v) is 11.4. The third kappa shape index (κ3) is 16.2. The summed E-state index contributed by atoms with van der Waals surface area (Å²) in [6.07, 6.45) is 7.54. The van der Waals surface area contributed by atoms with Gasteiger partial charge in [0.2, 0.25) is 0 Å². The Morgan fingerprint density at radius 2 is 0.887 bits per heavy atom. The van der Waals surface area contributed by atoms with Crippen LogP contribution in [0, 0.1) is 0 Å². The smallest absolute Gasteiger partial charge is 0.408 e. The molecule has 3 N–H and O–H groups in total. The molecule has 10 nitrogen and oxygen atoms in total. The number of alkyl carbamates (subject to hydrolysis) is 1. The number of ether oxygens (including phenoxy) is 3. The molecular formula is C61H60N4O6. The fourth-order valence-electron chi connectivity index (χ4n) is 7.79. The summed E-state index contributed by atoms with van der Waals surface area (Å²) in [7, 11) is 0. The first-order valence-electron chi connectivity index (χ1n) is 23.7. The molecule has 2 atom stereocenters. The van der Waals surface area contributed by atoms with Crippen molar-refractivity contribution >= 4 is 17.7 Å². The number of nitrogens with zero attached hydrogens (tertiary/aromatic N) is 2. The standard InChI is InChI=1S/C33H34N2O4.C28H26N2O2/c1-33(2,3)39-32(37)35-29(20-24-10-6-4-7-11-24)30(36)22-28-21-27(26-16-18-34-19-17-26)14-15-31(28)38-23-25-12-8-5-9-13-25;29-26(17-21-7-3-1-4-8-21)27(31)19-25-18-24(23-13-15-30-16-14-23)11-12-28(25)32-20-22-9-5-2-6-10-22/h4-19,21,29H,20,22-23H2,1-3H3,(H,35,37);1-16,18,26H,17,19-20,29H2/t29-;26-/m00/s1. The normalized spacial score (nSPS) is 11.8. The number of amides is 1. The summed E-state index contributed by atoms with van der Waals surface area (Å²) in [4.78, 5) is 47.6. The number of nitrogens with one attached hydrogen (secondary N) is 1. The van der Waals surface area contributed by atoms with E-state index in [9.17, 15) is 14.4 Å². The Labute approximate surface area is 416 Å². The largest absolute Gasteiger partial charge is 0.489 e. The zero-order valence-corrected chi connectivity index (χ0v) is 40.4. The van der Waals surface area contributed by atoms with Gasteiger partial charge in [-0.15, -0.1) is 0 Å². The van der Waals surface area contributed by atoms with Crippen molar-refractivity contribution in [2.45, 2.75) is 77.4 Å². The summed E-state index contributed by atoms with van der Waals surface area (Å²) in [6.45, 7) is 6.19. The van der Waals surface area contributed by atoms with E-state index in [1.807, 2.05) is 182 Å². The molecule has 360 valence electrons. The first-order chi connectivity index (χ1) is 34.5. The van der Waals surface area contributed by atoms with Crippen LogP contribution >= 0.6 is 0 Å². The Morgan fingerprint density at radius 3 is 1.31 bits per heavy atom. The SMILES string of the molecule is CC(C)(C)OC(=O)N[C@@H](Cc1ccccc1)C(=O)Cc1cc(-c2ccncc2)ccc1OCc1ccccc1.N[C@@H](Cc1ccccc1)C(=O)Cc1cc(-c2ccncc2)ccc1OCc1ccccc1. The van der Waals surface area contributed by atoms with Crippen LogP contribution in [0.1, 0.15) is 54.2 Å². The molecule has 8 aromatic rings. The molecule has 0 aliphatic heterocycles. The molecule has 0 saturated carbocycles. The summed E-state index contributed by atoms with van der Waals surface area (Å²) < 4.78 is 17.8. The number of carbonyl (C=O) groups excluding carboxylic acids is 3. The van der Waals surface area contributed by atoms with Gasteiger partial charge in [0.25, 0.3) is 0 Å². The van der Waals surface area contributed by atoms with Gasteiger partial charge in [-0.1, -0.05) is 133 Å². The van der Waals surface area contributed by atoms with E-state index in [1.165, 1.54) is 0 Å². The second kappa shape index (κ2) is 25.4. The van der Waals surface area contributed by atoms with Crippen molar-refractivity contribution in [3.8, 4) is 33.8 Å². The number of aromatic nitrogens is 2. The van der Waals surface area contributed by atoms with Gasteiger partial charge in [-0.3, -0.25) is 19.6 Å². The van der Waals surface area contributed by atoms with E-state index in [4.69, 9.17) is 19.9 Å². The maximum atomic E-state index is 13.8. The Kier molecular flexibility index (Phi) is 18.1. The Hall–Kier alpha value is -8.21. The van der Waals surface area contributed by atoms with Crippen molar-refractivity contribution in [3.05, 3.63) is 240 Å². The molecule has 0 unspecified atom stereocenters. The highest BCUT2D eigenvalue weighted by molar-refractivity contribution is 5.90. The zero-order chi connectivity index (χ0) is 49.8. The average molecular weight is 945 g/mol. The van der Waals surface area contributed by atoms with E-state index in [0.29, 0.717) is 37.6 Å². The van der Waals surface area contributed by atoms with Gasteiger partial charge in [0.15, 0.2) is 11.6 Å². The summed E-state index contributed by atoms with van der Waals surface area (Å²) >= 11 is 0. The topological polar surface area (TPSA) is 143 Å². The molecule has 71 heavy (non-hydrogen) atoms. The number of hydrogen-bond acceptors (Lipinski definition) is 9. The molecule has 0 saturated heterocycles. The second-order valence-corrected chi connectivity index (χ2v) is 18.1. The van der Waals surface area contributed by atoms with E-state index in [-0.39, 0.29) is 24.4 Å². The van der Waals surface area contributed by atoms with Gasteiger partial charge in [0.05, 0.1) is 12.1 Å². The third-order valence-electron chi connectivity index (χ3n) is 11.4. The van der Waals surface area contributed by atoms with Crippen LogP contribution in [0.25, 0.3) is 22.3 Å². The highest BCUT2D eigenvalue weighted by Gasteiger charge is 2.26. The first-order valence-corrected chi connectivity index (χ1v) is 23.7. The Morgan fingerprint density at radius 1 is 0.493 bits per heavy atom. The maximum absolute atomic E-state index is 13.8. The van der Waals surface area contributed by atoms with Crippen molar-refractivity contribution in [1.29, 1.82) is 0 Å². The van der Waals surface area contributed by atoms with Gasteiger partial charge in [0, 0.05) is 48.8 Å². The molecule has 0 spiro atoms. The highest BCUT2D eigenvalue weighted by Crippen LogP contribution is 2.30. The summed E-state index contributed by atoms with van der Waals surface area (Å²) in [5.41, 5.74) is 15.3. The van der Waals surface area contributed by atoms with E-state index >= 15 is 0 Å². The van der Waals surface area contributed by atoms with Crippen LogP contribution < -0.4 is 20.5 Å². The van der Waals surface area contributed by atoms with E-state index in [0.717, 1.165) is 55.6 Å². The molecule has 6 aromatic carbocycles. The van der Waals surface area contributed by atoms with Gasteiger partial charge >= 0.3 is 6.09 Å². The predicted octanol–water partition coefficient (Wildman–Crippen LogP) is 11.6.